The van der Waals surface area contributed by atoms with Crippen molar-refractivity contribution in [3.05, 3.63) is 46.7 Å². The summed E-state index contributed by atoms with van der Waals surface area (Å²) in [6.45, 7) is 2.19. The zero-order valence-corrected chi connectivity index (χ0v) is 16.7. The van der Waals surface area contributed by atoms with E-state index in [1.54, 1.807) is 6.20 Å². The number of carbonyl (C=O) groups is 1. The number of nitrogens with one attached hydrogen (secondary N) is 3. The van der Waals surface area contributed by atoms with Crippen molar-refractivity contribution in [3.63, 3.8) is 0 Å². The summed E-state index contributed by atoms with van der Waals surface area (Å²) in [4.78, 5) is 12.5. The van der Waals surface area contributed by atoms with E-state index in [1.807, 2.05) is 28.9 Å². The molecule has 8 heteroatoms. The van der Waals surface area contributed by atoms with E-state index in [4.69, 9.17) is 11.6 Å². The van der Waals surface area contributed by atoms with Crippen LogP contribution >= 0.6 is 11.6 Å². The van der Waals surface area contributed by atoms with Crippen LogP contribution in [0, 0.1) is 11.8 Å². The van der Waals surface area contributed by atoms with Crippen LogP contribution < -0.4 is 16.2 Å². The van der Waals surface area contributed by atoms with Crippen LogP contribution in [0.5, 0.6) is 0 Å². The van der Waals surface area contributed by atoms with Crippen molar-refractivity contribution in [2.45, 2.75) is 44.7 Å². The average Bonchev–Trinajstić information content (AvgIpc) is 3.37. The maximum absolute atomic E-state index is 12.5. The molecule has 7 nitrogen and oxygen atoms in total. The SMILES string of the molecule is O=C(NCC1CNNC1c1ccc(Cl)cc1)c1cn(CC2CCCCC2)nn1. The third-order valence-corrected chi connectivity index (χ3v) is 6.04. The molecular weight excluding hydrogens is 376 g/mol. The zero-order valence-electron chi connectivity index (χ0n) is 15.9. The van der Waals surface area contributed by atoms with Gasteiger partial charge in [0.25, 0.3) is 5.91 Å². The Morgan fingerprint density at radius 3 is 2.79 bits per heavy atom. The number of amides is 1. The molecule has 2 heterocycles. The fourth-order valence-electron chi connectivity index (χ4n) is 4.19. The monoisotopic (exact) mass is 402 g/mol. The summed E-state index contributed by atoms with van der Waals surface area (Å²) in [5.74, 6) is 0.723. The molecule has 2 unspecified atom stereocenters. The van der Waals surface area contributed by atoms with Crippen molar-refractivity contribution < 1.29 is 4.79 Å². The van der Waals surface area contributed by atoms with Crippen molar-refractivity contribution in [2.75, 3.05) is 13.1 Å². The maximum atomic E-state index is 12.5. The van der Waals surface area contributed by atoms with Gasteiger partial charge in [-0.15, -0.1) is 5.10 Å². The van der Waals surface area contributed by atoms with E-state index in [0.29, 0.717) is 18.2 Å². The molecule has 1 aromatic heterocycles. The molecule has 3 N–H and O–H groups in total. The lowest BCUT2D eigenvalue weighted by Gasteiger charge is -2.20. The van der Waals surface area contributed by atoms with Crippen molar-refractivity contribution in [1.29, 1.82) is 0 Å². The average molecular weight is 403 g/mol. The lowest BCUT2D eigenvalue weighted by Crippen LogP contribution is -2.33. The number of rotatable bonds is 6. The third-order valence-electron chi connectivity index (χ3n) is 5.79. The molecule has 4 rings (SSSR count). The van der Waals surface area contributed by atoms with Gasteiger partial charge in [-0.25, -0.2) is 5.43 Å². The Balaban J connectivity index is 1.30. The topological polar surface area (TPSA) is 83.9 Å². The highest BCUT2D eigenvalue weighted by Gasteiger charge is 2.28. The maximum Gasteiger partial charge on any atom is 0.273 e. The molecule has 28 heavy (non-hydrogen) atoms. The van der Waals surface area contributed by atoms with E-state index >= 15 is 0 Å². The Hall–Kier alpha value is -1.96. The summed E-state index contributed by atoms with van der Waals surface area (Å²) in [6.07, 6.45) is 8.19. The van der Waals surface area contributed by atoms with Crippen LogP contribution in [-0.4, -0.2) is 34.0 Å². The molecule has 2 atom stereocenters. The molecule has 2 aliphatic rings. The normalized spacial score (nSPS) is 23.0. The lowest BCUT2D eigenvalue weighted by atomic mass is 9.89. The second-order valence-electron chi connectivity index (χ2n) is 7.85. The van der Waals surface area contributed by atoms with Gasteiger partial charge in [-0.3, -0.25) is 14.9 Å². The predicted octanol–water partition coefficient (Wildman–Crippen LogP) is 2.71. The Morgan fingerprint density at radius 2 is 2.00 bits per heavy atom. The molecule has 1 aromatic carbocycles. The molecule has 1 amide bonds. The largest absolute Gasteiger partial charge is 0.350 e. The minimum absolute atomic E-state index is 0.125. The zero-order chi connectivity index (χ0) is 19.3. The molecule has 2 fully saturated rings. The van der Waals surface area contributed by atoms with Crippen LogP contribution in [-0.2, 0) is 6.54 Å². The highest BCUT2D eigenvalue weighted by atomic mass is 35.5. The van der Waals surface area contributed by atoms with Gasteiger partial charge in [0.1, 0.15) is 0 Å². The third kappa shape index (κ3) is 4.71. The first-order valence-corrected chi connectivity index (χ1v) is 10.5. The van der Waals surface area contributed by atoms with Crippen LogP contribution in [0.4, 0.5) is 0 Å². The highest BCUT2D eigenvalue weighted by Crippen LogP contribution is 2.26. The van der Waals surface area contributed by atoms with Gasteiger partial charge in [0, 0.05) is 30.6 Å². The quantitative estimate of drug-likeness (QED) is 0.691. The first-order chi connectivity index (χ1) is 13.7. The number of hydrazine groups is 1. The molecule has 0 spiro atoms. The Morgan fingerprint density at radius 1 is 1.21 bits per heavy atom. The van der Waals surface area contributed by atoms with Gasteiger partial charge in [-0.2, -0.15) is 0 Å². The van der Waals surface area contributed by atoms with Gasteiger partial charge >= 0.3 is 0 Å². The molecule has 1 saturated heterocycles. The van der Waals surface area contributed by atoms with Crippen molar-refractivity contribution in [1.82, 2.24) is 31.2 Å². The number of nitrogens with zero attached hydrogens (tertiary/aromatic N) is 3. The van der Waals surface area contributed by atoms with Crippen molar-refractivity contribution in [3.8, 4) is 0 Å². The van der Waals surface area contributed by atoms with Gasteiger partial charge in [-0.1, -0.05) is 48.2 Å². The first kappa shape index (κ1) is 19.4. The van der Waals surface area contributed by atoms with Gasteiger partial charge in [0.15, 0.2) is 5.69 Å². The van der Waals surface area contributed by atoms with Gasteiger partial charge in [0.2, 0.25) is 0 Å². The van der Waals surface area contributed by atoms with Gasteiger partial charge in [-0.05, 0) is 36.5 Å². The molecule has 2 aromatic rings. The second-order valence-corrected chi connectivity index (χ2v) is 8.29. The van der Waals surface area contributed by atoms with E-state index in [-0.39, 0.29) is 17.9 Å². The summed E-state index contributed by atoms with van der Waals surface area (Å²) in [5, 5.41) is 11.9. The van der Waals surface area contributed by atoms with Crippen molar-refractivity contribution >= 4 is 17.5 Å². The molecule has 1 aliphatic heterocycles. The molecule has 1 aliphatic carbocycles. The Bertz CT molecular complexity index is 786. The Labute approximate surface area is 170 Å². The summed E-state index contributed by atoms with van der Waals surface area (Å²) >= 11 is 5.98. The number of aromatic nitrogens is 3. The van der Waals surface area contributed by atoms with E-state index in [9.17, 15) is 4.79 Å². The molecular formula is C20H27ClN6O. The Kier molecular flexibility index (Phi) is 6.24. The van der Waals surface area contributed by atoms with Crippen LogP contribution in [0.1, 0.15) is 54.2 Å². The second kappa shape index (κ2) is 9.03. The highest BCUT2D eigenvalue weighted by molar-refractivity contribution is 6.30. The van der Waals surface area contributed by atoms with E-state index in [1.165, 1.54) is 32.1 Å². The van der Waals surface area contributed by atoms with Crippen LogP contribution in [0.25, 0.3) is 0 Å². The summed E-state index contributed by atoms with van der Waals surface area (Å²) in [6, 6.07) is 7.92. The molecule has 0 radical (unpaired) electrons. The van der Waals surface area contributed by atoms with E-state index in [0.717, 1.165) is 23.7 Å². The van der Waals surface area contributed by atoms with Crippen LogP contribution in [0.15, 0.2) is 30.5 Å². The van der Waals surface area contributed by atoms with Crippen LogP contribution in [0.2, 0.25) is 5.02 Å². The van der Waals surface area contributed by atoms with E-state index < -0.39 is 0 Å². The number of halogens is 1. The summed E-state index contributed by atoms with van der Waals surface area (Å²) in [5.41, 5.74) is 7.99. The summed E-state index contributed by atoms with van der Waals surface area (Å²) in [7, 11) is 0. The molecule has 1 saturated carbocycles. The number of hydrogen-bond donors (Lipinski definition) is 3. The predicted molar refractivity (Wildman–Crippen MR) is 108 cm³/mol. The smallest absolute Gasteiger partial charge is 0.273 e. The fraction of sp³-hybridized carbons (Fsp3) is 0.550. The number of carbonyl (C=O) groups excluding carboxylic acids is 1. The lowest BCUT2D eigenvalue weighted by molar-refractivity contribution is 0.0941. The van der Waals surface area contributed by atoms with Gasteiger partial charge < -0.3 is 5.32 Å². The first-order valence-electron chi connectivity index (χ1n) is 10.1. The van der Waals surface area contributed by atoms with Crippen LogP contribution in [0.3, 0.4) is 0 Å². The summed E-state index contributed by atoms with van der Waals surface area (Å²) < 4.78 is 1.82. The van der Waals surface area contributed by atoms with Crippen molar-refractivity contribution in [2.24, 2.45) is 11.8 Å². The number of benzene rings is 1. The minimum Gasteiger partial charge on any atom is -0.350 e. The molecule has 0 bridgehead atoms. The van der Waals surface area contributed by atoms with Gasteiger partial charge in [0.05, 0.1) is 12.2 Å². The van der Waals surface area contributed by atoms with E-state index in [2.05, 4.69) is 26.5 Å². The minimum atomic E-state index is -0.170. The fourth-order valence-corrected chi connectivity index (χ4v) is 4.32. The standard InChI is InChI=1S/C20H27ClN6O/c21-17-8-6-15(7-9-17)19-16(11-23-25-19)10-22-20(28)18-13-27(26-24-18)12-14-4-2-1-3-5-14/h6-9,13-14,16,19,23,25H,1-5,10-12H2,(H,22,28). The number of hydrogen-bond acceptors (Lipinski definition) is 5. The molecule has 150 valence electrons.